The van der Waals surface area contributed by atoms with Gasteiger partial charge in [0.05, 0.1) is 16.3 Å². The zero-order valence-corrected chi connectivity index (χ0v) is 16.6. The number of amides is 1. The van der Waals surface area contributed by atoms with E-state index in [1.165, 1.54) is 6.42 Å². The Balaban J connectivity index is 1.83. The van der Waals surface area contributed by atoms with Gasteiger partial charge in [-0.1, -0.05) is 43.0 Å². The van der Waals surface area contributed by atoms with Crippen LogP contribution in [0.1, 0.15) is 43.2 Å². The third-order valence-corrected chi connectivity index (χ3v) is 6.37. The molecule has 2 N–H and O–H groups in total. The van der Waals surface area contributed by atoms with Crippen LogP contribution in [0.25, 0.3) is 0 Å². The van der Waals surface area contributed by atoms with Crippen LogP contribution >= 0.6 is 0 Å². The zero-order chi connectivity index (χ0) is 19.4. The van der Waals surface area contributed by atoms with E-state index in [9.17, 15) is 13.2 Å². The number of aryl methyl sites for hydroxylation is 2. The smallest absolute Gasteiger partial charge is 0.261 e. The van der Waals surface area contributed by atoms with Crippen LogP contribution in [0.15, 0.2) is 47.4 Å². The lowest BCUT2D eigenvalue weighted by atomic mass is 9.88. The number of benzene rings is 2. The molecule has 2 aromatic carbocycles. The van der Waals surface area contributed by atoms with Crippen molar-refractivity contribution in [2.75, 3.05) is 10.0 Å². The maximum Gasteiger partial charge on any atom is 0.261 e. The van der Waals surface area contributed by atoms with Gasteiger partial charge in [-0.3, -0.25) is 9.52 Å². The van der Waals surface area contributed by atoms with Gasteiger partial charge in [-0.2, -0.15) is 0 Å². The Bertz CT molecular complexity index is 915. The predicted molar refractivity (Wildman–Crippen MR) is 108 cm³/mol. The van der Waals surface area contributed by atoms with Gasteiger partial charge >= 0.3 is 0 Å². The Kier molecular flexibility index (Phi) is 5.85. The maximum absolute atomic E-state index is 12.7. The summed E-state index contributed by atoms with van der Waals surface area (Å²) in [5.74, 6) is -0.0315. The largest absolute Gasteiger partial charge is 0.324 e. The fourth-order valence-electron chi connectivity index (χ4n) is 3.37. The second-order valence-corrected chi connectivity index (χ2v) is 8.97. The molecule has 27 heavy (non-hydrogen) atoms. The standard InChI is InChI=1S/C21H26N2O3S/c1-15-8-11-18(12-9-15)27(25,26)23-20-14-16(2)10-13-19(20)22-21(24)17-6-4-3-5-7-17/h8-14,17,23H,3-7H2,1-2H3,(H,22,24). The summed E-state index contributed by atoms with van der Waals surface area (Å²) in [4.78, 5) is 12.8. The monoisotopic (exact) mass is 386 g/mol. The molecule has 6 heteroatoms. The molecule has 0 unspecified atom stereocenters. The number of hydrogen-bond donors (Lipinski definition) is 2. The second kappa shape index (κ2) is 8.13. The van der Waals surface area contributed by atoms with Gasteiger partial charge in [-0.05, 0) is 56.5 Å². The van der Waals surface area contributed by atoms with Gasteiger partial charge in [0.15, 0.2) is 0 Å². The minimum atomic E-state index is -3.73. The van der Waals surface area contributed by atoms with Gasteiger partial charge in [0.2, 0.25) is 5.91 Å². The molecule has 1 fully saturated rings. The second-order valence-electron chi connectivity index (χ2n) is 7.29. The molecule has 1 saturated carbocycles. The van der Waals surface area contributed by atoms with Crippen molar-refractivity contribution < 1.29 is 13.2 Å². The molecule has 0 saturated heterocycles. The molecule has 2 aromatic rings. The van der Waals surface area contributed by atoms with Crippen LogP contribution in [0.4, 0.5) is 11.4 Å². The molecule has 0 spiro atoms. The molecule has 0 heterocycles. The van der Waals surface area contributed by atoms with Crippen molar-refractivity contribution in [2.45, 2.75) is 50.8 Å². The number of carbonyl (C=O) groups is 1. The number of nitrogens with one attached hydrogen (secondary N) is 2. The third kappa shape index (κ3) is 4.89. The average Bonchev–Trinajstić information content (AvgIpc) is 2.64. The highest BCUT2D eigenvalue weighted by Crippen LogP contribution is 2.29. The van der Waals surface area contributed by atoms with E-state index in [2.05, 4.69) is 10.0 Å². The van der Waals surface area contributed by atoms with E-state index < -0.39 is 10.0 Å². The van der Waals surface area contributed by atoms with E-state index in [4.69, 9.17) is 0 Å². The van der Waals surface area contributed by atoms with E-state index in [1.54, 1.807) is 36.4 Å². The van der Waals surface area contributed by atoms with Crippen LogP contribution in [0, 0.1) is 19.8 Å². The average molecular weight is 387 g/mol. The first-order valence-electron chi connectivity index (χ1n) is 9.36. The highest BCUT2D eigenvalue weighted by molar-refractivity contribution is 7.92. The van der Waals surface area contributed by atoms with Crippen molar-refractivity contribution in [2.24, 2.45) is 5.92 Å². The van der Waals surface area contributed by atoms with E-state index in [-0.39, 0.29) is 16.7 Å². The molecule has 0 radical (unpaired) electrons. The number of hydrogen-bond acceptors (Lipinski definition) is 3. The summed E-state index contributed by atoms with van der Waals surface area (Å²) in [6.07, 6.45) is 5.10. The number of carbonyl (C=O) groups excluding carboxylic acids is 1. The summed E-state index contributed by atoms with van der Waals surface area (Å²) in [5.41, 5.74) is 2.78. The van der Waals surface area contributed by atoms with E-state index in [1.807, 2.05) is 19.9 Å². The van der Waals surface area contributed by atoms with Crippen molar-refractivity contribution in [3.8, 4) is 0 Å². The van der Waals surface area contributed by atoms with Crippen molar-refractivity contribution in [3.05, 3.63) is 53.6 Å². The summed E-state index contributed by atoms with van der Waals surface area (Å²) >= 11 is 0. The Labute approximate surface area is 161 Å². The van der Waals surface area contributed by atoms with Gasteiger partial charge in [-0.15, -0.1) is 0 Å². The first-order chi connectivity index (χ1) is 12.8. The number of anilines is 2. The van der Waals surface area contributed by atoms with Crippen LogP contribution in [-0.2, 0) is 14.8 Å². The topological polar surface area (TPSA) is 75.3 Å². The van der Waals surface area contributed by atoms with Gasteiger partial charge in [0, 0.05) is 5.92 Å². The van der Waals surface area contributed by atoms with Gasteiger partial charge in [0.25, 0.3) is 10.0 Å². The van der Waals surface area contributed by atoms with Crippen molar-refractivity contribution in [1.82, 2.24) is 0 Å². The van der Waals surface area contributed by atoms with Crippen LogP contribution in [-0.4, -0.2) is 14.3 Å². The highest BCUT2D eigenvalue weighted by Gasteiger charge is 2.23. The Hall–Kier alpha value is -2.34. The maximum atomic E-state index is 12.7. The molecular weight excluding hydrogens is 360 g/mol. The molecule has 5 nitrogen and oxygen atoms in total. The van der Waals surface area contributed by atoms with Crippen molar-refractivity contribution >= 4 is 27.3 Å². The summed E-state index contributed by atoms with van der Waals surface area (Å²) < 4.78 is 28.1. The predicted octanol–water partition coefficient (Wildman–Crippen LogP) is 4.62. The first-order valence-corrected chi connectivity index (χ1v) is 10.8. The lowest BCUT2D eigenvalue weighted by Gasteiger charge is -2.22. The molecular formula is C21H26N2O3S. The zero-order valence-electron chi connectivity index (χ0n) is 15.8. The van der Waals surface area contributed by atoms with Crippen molar-refractivity contribution in [3.63, 3.8) is 0 Å². The van der Waals surface area contributed by atoms with Crippen LogP contribution in [0.2, 0.25) is 0 Å². The van der Waals surface area contributed by atoms with Crippen LogP contribution in [0.5, 0.6) is 0 Å². The summed E-state index contributed by atoms with van der Waals surface area (Å²) in [7, 11) is -3.73. The summed E-state index contributed by atoms with van der Waals surface area (Å²) in [5, 5.41) is 2.92. The quantitative estimate of drug-likeness (QED) is 0.787. The Morgan fingerprint density at radius 3 is 2.19 bits per heavy atom. The molecule has 1 aliphatic rings. The third-order valence-electron chi connectivity index (χ3n) is 4.98. The van der Waals surface area contributed by atoms with Gasteiger partial charge in [0.1, 0.15) is 0 Å². The molecule has 0 atom stereocenters. The van der Waals surface area contributed by atoms with E-state index in [0.717, 1.165) is 36.8 Å². The minimum Gasteiger partial charge on any atom is -0.324 e. The Morgan fingerprint density at radius 1 is 0.889 bits per heavy atom. The first kappa shape index (κ1) is 19.4. The van der Waals surface area contributed by atoms with Crippen molar-refractivity contribution in [1.29, 1.82) is 0 Å². The lowest BCUT2D eigenvalue weighted by Crippen LogP contribution is -2.25. The molecule has 3 rings (SSSR count). The highest BCUT2D eigenvalue weighted by atomic mass is 32.2. The number of rotatable bonds is 5. The van der Waals surface area contributed by atoms with Crippen LogP contribution in [0.3, 0.4) is 0 Å². The van der Waals surface area contributed by atoms with E-state index >= 15 is 0 Å². The fourth-order valence-corrected chi connectivity index (χ4v) is 4.44. The van der Waals surface area contributed by atoms with Gasteiger partial charge in [-0.25, -0.2) is 8.42 Å². The molecule has 0 aromatic heterocycles. The Morgan fingerprint density at radius 2 is 1.52 bits per heavy atom. The molecule has 0 aliphatic heterocycles. The molecule has 144 valence electrons. The normalized spacial score (nSPS) is 15.3. The van der Waals surface area contributed by atoms with E-state index in [0.29, 0.717) is 11.4 Å². The fraction of sp³-hybridized carbons (Fsp3) is 0.381. The minimum absolute atomic E-state index is 0.00149. The van der Waals surface area contributed by atoms with Gasteiger partial charge < -0.3 is 5.32 Å². The summed E-state index contributed by atoms with van der Waals surface area (Å²) in [6.45, 7) is 3.79. The molecule has 1 amide bonds. The summed E-state index contributed by atoms with van der Waals surface area (Å²) in [6, 6.07) is 12.0. The number of sulfonamides is 1. The lowest BCUT2D eigenvalue weighted by molar-refractivity contribution is -0.120. The SMILES string of the molecule is Cc1ccc(S(=O)(=O)Nc2cc(C)ccc2NC(=O)C2CCCCC2)cc1. The van der Waals surface area contributed by atoms with Crippen LogP contribution < -0.4 is 10.0 Å². The molecule has 1 aliphatic carbocycles. The molecule has 0 bridgehead atoms.